The molecule has 1 rings (SSSR count). The summed E-state index contributed by atoms with van der Waals surface area (Å²) in [6.07, 6.45) is 0.249. The summed E-state index contributed by atoms with van der Waals surface area (Å²) in [5, 5.41) is 9.86. The smallest absolute Gasteiger partial charge is 0.102 e. The molecule has 108 valence electrons. The Morgan fingerprint density at radius 1 is 1.05 bits per heavy atom. The summed E-state index contributed by atoms with van der Waals surface area (Å²) in [5.41, 5.74) is 7.06. The summed E-state index contributed by atoms with van der Waals surface area (Å²) in [6.45, 7) is 2.62. The third-order valence-electron chi connectivity index (χ3n) is 2.61. The van der Waals surface area contributed by atoms with Crippen molar-refractivity contribution in [2.45, 2.75) is 12.5 Å². The third-order valence-corrected chi connectivity index (χ3v) is 2.61. The van der Waals surface area contributed by atoms with Gasteiger partial charge in [-0.1, -0.05) is 12.1 Å². The number of nitrogens with two attached hydrogens (primary N) is 1. The van der Waals surface area contributed by atoms with Gasteiger partial charge >= 0.3 is 0 Å². The molecule has 1 unspecified atom stereocenters. The molecule has 0 aliphatic rings. The largest absolute Gasteiger partial charge is 0.399 e. The van der Waals surface area contributed by atoms with Crippen LogP contribution in [0.3, 0.4) is 0 Å². The Kier molecular flexibility index (Phi) is 8.16. The zero-order valence-corrected chi connectivity index (χ0v) is 11.4. The Labute approximate surface area is 114 Å². The van der Waals surface area contributed by atoms with Crippen molar-refractivity contribution in [3.8, 4) is 0 Å². The van der Waals surface area contributed by atoms with E-state index in [1.807, 2.05) is 0 Å². The van der Waals surface area contributed by atoms with Gasteiger partial charge in [0, 0.05) is 26.0 Å². The van der Waals surface area contributed by atoms with Crippen molar-refractivity contribution in [2.75, 3.05) is 45.9 Å². The van der Waals surface area contributed by atoms with Crippen LogP contribution in [0.4, 0.5) is 5.69 Å². The molecule has 1 aromatic rings. The van der Waals surface area contributed by atoms with Gasteiger partial charge in [0.15, 0.2) is 0 Å². The van der Waals surface area contributed by atoms with Gasteiger partial charge in [0.1, 0.15) is 6.10 Å². The van der Waals surface area contributed by atoms with Crippen molar-refractivity contribution in [3.05, 3.63) is 29.8 Å². The molecule has 3 N–H and O–H groups in total. The second-order valence-corrected chi connectivity index (χ2v) is 4.22. The van der Waals surface area contributed by atoms with E-state index in [9.17, 15) is 5.11 Å². The quantitative estimate of drug-likeness (QED) is 0.496. The highest BCUT2D eigenvalue weighted by Crippen LogP contribution is 2.14. The maximum absolute atomic E-state index is 9.86. The van der Waals surface area contributed by atoms with Gasteiger partial charge < -0.3 is 25.1 Å². The first-order chi connectivity index (χ1) is 9.24. The topological polar surface area (TPSA) is 73.9 Å². The van der Waals surface area contributed by atoms with Crippen LogP contribution in [0.1, 0.15) is 18.1 Å². The monoisotopic (exact) mass is 269 g/mol. The average Bonchev–Trinajstić information content (AvgIpc) is 2.42. The average molecular weight is 269 g/mol. The van der Waals surface area contributed by atoms with Gasteiger partial charge in [-0.25, -0.2) is 0 Å². The zero-order valence-electron chi connectivity index (χ0n) is 11.4. The molecule has 0 aromatic heterocycles. The highest BCUT2D eigenvalue weighted by Gasteiger charge is 2.06. The predicted molar refractivity (Wildman–Crippen MR) is 73.9 cm³/mol. The lowest BCUT2D eigenvalue weighted by molar-refractivity contribution is 0.000505. The van der Waals surface area contributed by atoms with Crippen LogP contribution in [-0.4, -0.2) is 45.3 Å². The predicted octanol–water partition coefficient (Wildman–Crippen LogP) is 1.37. The second kappa shape index (κ2) is 9.75. The Morgan fingerprint density at radius 3 is 2.42 bits per heavy atom. The van der Waals surface area contributed by atoms with Crippen LogP contribution in [0.5, 0.6) is 0 Å². The molecule has 0 heterocycles. The van der Waals surface area contributed by atoms with Crippen LogP contribution >= 0.6 is 0 Å². The Hall–Kier alpha value is -1.14. The molecular weight excluding hydrogens is 246 g/mol. The standard InChI is InChI=1S/C14H23NO4/c1-17-7-2-8-18-9-10-19-11-14(16)12-3-5-13(15)6-4-12/h3-6,14,16H,2,7-11,15H2,1H3. The lowest BCUT2D eigenvalue weighted by Crippen LogP contribution is -2.12. The number of anilines is 1. The Morgan fingerprint density at radius 2 is 1.74 bits per heavy atom. The number of hydrogen-bond acceptors (Lipinski definition) is 5. The molecular formula is C14H23NO4. The van der Waals surface area contributed by atoms with E-state index in [0.717, 1.165) is 12.0 Å². The third kappa shape index (κ3) is 7.12. The number of nitrogen functional groups attached to an aromatic ring is 1. The number of methoxy groups -OCH3 is 1. The fourth-order valence-corrected chi connectivity index (χ4v) is 1.53. The first kappa shape index (κ1) is 15.9. The van der Waals surface area contributed by atoms with Crippen LogP contribution in [0.15, 0.2) is 24.3 Å². The Balaban J connectivity index is 2.04. The Bertz CT molecular complexity index is 329. The molecule has 5 heteroatoms. The van der Waals surface area contributed by atoms with Crippen molar-refractivity contribution in [1.82, 2.24) is 0 Å². The molecule has 5 nitrogen and oxygen atoms in total. The normalized spacial score (nSPS) is 12.5. The maximum atomic E-state index is 9.86. The van der Waals surface area contributed by atoms with Crippen molar-refractivity contribution >= 4 is 5.69 Å². The summed E-state index contributed by atoms with van der Waals surface area (Å²) in [4.78, 5) is 0. The van der Waals surface area contributed by atoms with E-state index in [2.05, 4.69) is 0 Å². The minimum absolute atomic E-state index is 0.255. The SMILES string of the molecule is COCCCOCCOCC(O)c1ccc(N)cc1. The van der Waals surface area contributed by atoms with Gasteiger partial charge in [-0.2, -0.15) is 0 Å². The van der Waals surface area contributed by atoms with Crippen LogP contribution in [-0.2, 0) is 14.2 Å². The fourth-order valence-electron chi connectivity index (χ4n) is 1.53. The van der Waals surface area contributed by atoms with Crippen molar-refractivity contribution in [1.29, 1.82) is 0 Å². The van der Waals surface area contributed by atoms with Gasteiger partial charge in [-0.3, -0.25) is 0 Å². The highest BCUT2D eigenvalue weighted by molar-refractivity contribution is 5.39. The molecule has 0 bridgehead atoms. The van der Waals surface area contributed by atoms with E-state index in [0.29, 0.717) is 32.1 Å². The maximum Gasteiger partial charge on any atom is 0.102 e. The fraction of sp³-hybridized carbons (Fsp3) is 0.571. The molecule has 0 aliphatic heterocycles. The van der Waals surface area contributed by atoms with Crippen molar-refractivity contribution in [2.24, 2.45) is 0 Å². The molecule has 0 saturated carbocycles. The minimum Gasteiger partial charge on any atom is -0.399 e. The van der Waals surface area contributed by atoms with Gasteiger partial charge in [0.05, 0.1) is 19.8 Å². The first-order valence-electron chi connectivity index (χ1n) is 6.42. The van der Waals surface area contributed by atoms with E-state index >= 15 is 0 Å². The van der Waals surface area contributed by atoms with E-state index < -0.39 is 6.10 Å². The van der Waals surface area contributed by atoms with Crippen molar-refractivity contribution in [3.63, 3.8) is 0 Å². The number of ether oxygens (including phenoxy) is 3. The van der Waals surface area contributed by atoms with E-state index in [1.54, 1.807) is 31.4 Å². The summed E-state index contributed by atoms with van der Waals surface area (Å²) in [5.74, 6) is 0. The molecule has 0 aliphatic carbocycles. The molecule has 1 atom stereocenters. The van der Waals surface area contributed by atoms with Gasteiger partial charge in [-0.05, 0) is 24.1 Å². The molecule has 0 radical (unpaired) electrons. The number of aliphatic hydroxyl groups is 1. The summed E-state index contributed by atoms with van der Waals surface area (Å²) in [6, 6.07) is 7.12. The number of rotatable bonds is 10. The minimum atomic E-state index is -0.630. The van der Waals surface area contributed by atoms with Crippen LogP contribution in [0.2, 0.25) is 0 Å². The van der Waals surface area contributed by atoms with Gasteiger partial charge in [0.2, 0.25) is 0 Å². The number of hydrogen-bond donors (Lipinski definition) is 2. The molecule has 0 amide bonds. The molecule has 19 heavy (non-hydrogen) atoms. The van der Waals surface area contributed by atoms with E-state index in [1.165, 1.54) is 0 Å². The van der Waals surface area contributed by atoms with Crippen LogP contribution in [0.25, 0.3) is 0 Å². The highest BCUT2D eigenvalue weighted by atomic mass is 16.5. The number of aliphatic hydroxyl groups excluding tert-OH is 1. The molecule has 0 spiro atoms. The number of benzene rings is 1. The molecule has 0 fully saturated rings. The first-order valence-corrected chi connectivity index (χ1v) is 6.42. The lowest BCUT2D eigenvalue weighted by atomic mass is 10.1. The zero-order chi connectivity index (χ0) is 13.9. The van der Waals surface area contributed by atoms with Crippen molar-refractivity contribution < 1.29 is 19.3 Å². The van der Waals surface area contributed by atoms with E-state index in [4.69, 9.17) is 19.9 Å². The molecule has 1 aromatic carbocycles. The lowest BCUT2D eigenvalue weighted by Gasteiger charge is -2.12. The van der Waals surface area contributed by atoms with Gasteiger partial charge in [-0.15, -0.1) is 0 Å². The van der Waals surface area contributed by atoms with E-state index in [-0.39, 0.29) is 6.61 Å². The van der Waals surface area contributed by atoms with Gasteiger partial charge in [0.25, 0.3) is 0 Å². The second-order valence-electron chi connectivity index (χ2n) is 4.22. The van der Waals surface area contributed by atoms with Crippen LogP contribution < -0.4 is 5.73 Å². The summed E-state index contributed by atoms with van der Waals surface area (Å²) >= 11 is 0. The summed E-state index contributed by atoms with van der Waals surface area (Å²) in [7, 11) is 1.67. The molecule has 0 saturated heterocycles. The van der Waals surface area contributed by atoms with Crippen LogP contribution in [0, 0.1) is 0 Å². The summed E-state index contributed by atoms with van der Waals surface area (Å²) < 4.78 is 15.6.